The highest BCUT2D eigenvalue weighted by molar-refractivity contribution is 6.30. The number of nitrogens with zero attached hydrogens (tertiary/aromatic N) is 1. The van der Waals surface area contributed by atoms with Crippen LogP contribution in [0.3, 0.4) is 0 Å². The SMILES string of the molecule is Cc1c(C(=O)C(F)(F)F)c2ccccc2n1CCOc1ccc(Cl)cc1. The number of aromatic nitrogens is 1. The summed E-state index contributed by atoms with van der Waals surface area (Å²) in [5.41, 5.74) is 0.533. The van der Waals surface area contributed by atoms with Gasteiger partial charge in [-0.05, 0) is 37.3 Å². The molecule has 0 fully saturated rings. The lowest BCUT2D eigenvalue weighted by atomic mass is 10.1. The van der Waals surface area contributed by atoms with Crippen LogP contribution in [0.1, 0.15) is 16.1 Å². The minimum atomic E-state index is -4.92. The molecule has 0 unspecified atom stereocenters. The Kier molecular flexibility index (Phi) is 4.96. The molecule has 0 N–H and O–H groups in total. The molecule has 0 amide bonds. The van der Waals surface area contributed by atoms with Gasteiger partial charge < -0.3 is 9.30 Å². The fraction of sp³-hybridized carbons (Fsp3) is 0.211. The number of hydrogen-bond donors (Lipinski definition) is 0. The van der Waals surface area contributed by atoms with E-state index in [9.17, 15) is 18.0 Å². The molecule has 7 heteroatoms. The molecule has 0 spiro atoms. The Morgan fingerprint density at radius 2 is 1.77 bits per heavy atom. The van der Waals surface area contributed by atoms with E-state index in [0.29, 0.717) is 28.2 Å². The number of alkyl halides is 3. The van der Waals surface area contributed by atoms with Crippen molar-refractivity contribution in [3.8, 4) is 5.75 Å². The number of para-hydroxylation sites is 1. The molecular weight excluding hydrogens is 367 g/mol. The van der Waals surface area contributed by atoms with Gasteiger partial charge in [-0.25, -0.2) is 0 Å². The molecule has 0 aliphatic carbocycles. The summed E-state index contributed by atoms with van der Waals surface area (Å²) in [5.74, 6) is -1.22. The number of Topliss-reactive ketones (excluding diaryl/α,β-unsaturated/α-hetero) is 1. The second-order valence-corrected chi connectivity index (χ2v) is 6.19. The molecular formula is C19H15ClF3NO2. The molecule has 3 aromatic rings. The first-order chi connectivity index (χ1) is 12.3. The fourth-order valence-corrected chi connectivity index (χ4v) is 3.06. The van der Waals surface area contributed by atoms with E-state index < -0.39 is 12.0 Å². The third-order valence-corrected chi connectivity index (χ3v) is 4.36. The van der Waals surface area contributed by atoms with E-state index in [2.05, 4.69) is 0 Å². The van der Waals surface area contributed by atoms with Gasteiger partial charge in [-0.2, -0.15) is 13.2 Å². The lowest BCUT2D eigenvalue weighted by Crippen LogP contribution is -2.23. The van der Waals surface area contributed by atoms with E-state index in [4.69, 9.17) is 16.3 Å². The van der Waals surface area contributed by atoms with Crippen molar-refractivity contribution in [2.24, 2.45) is 0 Å². The summed E-state index contributed by atoms with van der Waals surface area (Å²) in [5, 5.41) is 0.874. The van der Waals surface area contributed by atoms with Crippen molar-refractivity contribution in [3.05, 3.63) is 64.8 Å². The number of ether oxygens (including phenoxy) is 1. The summed E-state index contributed by atoms with van der Waals surface area (Å²) in [6.07, 6.45) is -4.92. The average Bonchev–Trinajstić information content (AvgIpc) is 2.87. The van der Waals surface area contributed by atoms with Crippen LogP contribution in [-0.4, -0.2) is 23.1 Å². The lowest BCUT2D eigenvalue weighted by Gasteiger charge is -2.11. The molecule has 136 valence electrons. The molecule has 0 radical (unpaired) electrons. The quantitative estimate of drug-likeness (QED) is 0.552. The number of halogens is 4. The van der Waals surface area contributed by atoms with Crippen molar-refractivity contribution in [2.75, 3.05) is 6.61 Å². The van der Waals surface area contributed by atoms with E-state index in [1.54, 1.807) is 47.0 Å². The van der Waals surface area contributed by atoms with Gasteiger partial charge in [0.1, 0.15) is 12.4 Å². The van der Waals surface area contributed by atoms with Gasteiger partial charge >= 0.3 is 6.18 Å². The van der Waals surface area contributed by atoms with Crippen LogP contribution in [0.4, 0.5) is 13.2 Å². The second-order valence-electron chi connectivity index (χ2n) is 5.76. The van der Waals surface area contributed by atoms with E-state index >= 15 is 0 Å². The fourth-order valence-electron chi connectivity index (χ4n) is 2.93. The standard InChI is InChI=1S/C19H15ClF3NO2/c1-12-17(18(25)19(21,22)23)15-4-2-3-5-16(15)24(12)10-11-26-14-8-6-13(20)7-9-14/h2-9H,10-11H2,1H3. The van der Waals surface area contributed by atoms with Crippen molar-refractivity contribution in [1.29, 1.82) is 0 Å². The van der Waals surface area contributed by atoms with Crippen LogP contribution in [0.5, 0.6) is 5.75 Å². The summed E-state index contributed by atoms with van der Waals surface area (Å²) in [6, 6.07) is 13.4. The van der Waals surface area contributed by atoms with Crippen LogP contribution in [0.2, 0.25) is 5.02 Å². The molecule has 3 nitrogen and oxygen atoms in total. The number of carbonyl (C=O) groups is 1. The van der Waals surface area contributed by atoms with Gasteiger partial charge in [0.2, 0.25) is 0 Å². The zero-order valence-electron chi connectivity index (χ0n) is 13.8. The zero-order chi connectivity index (χ0) is 18.9. The summed E-state index contributed by atoms with van der Waals surface area (Å²) in [7, 11) is 0. The summed E-state index contributed by atoms with van der Waals surface area (Å²) >= 11 is 5.81. The molecule has 1 heterocycles. The minimum Gasteiger partial charge on any atom is -0.492 e. The summed E-state index contributed by atoms with van der Waals surface area (Å²) in [6.45, 7) is 2.06. The maximum atomic E-state index is 13.0. The van der Waals surface area contributed by atoms with Gasteiger partial charge in [-0.1, -0.05) is 29.8 Å². The first-order valence-electron chi connectivity index (χ1n) is 7.87. The lowest BCUT2D eigenvalue weighted by molar-refractivity contribution is -0.0884. The van der Waals surface area contributed by atoms with Crippen LogP contribution < -0.4 is 4.74 Å². The molecule has 3 rings (SSSR count). The largest absolute Gasteiger partial charge is 0.492 e. The Labute approximate surface area is 152 Å². The number of carbonyl (C=O) groups excluding carboxylic acids is 1. The van der Waals surface area contributed by atoms with Crippen LogP contribution in [-0.2, 0) is 6.54 Å². The van der Waals surface area contributed by atoms with Crippen LogP contribution in [0.25, 0.3) is 10.9 Å². The first kappa shape index (κ1) is 18.3. The number of benzene rings is 2. The molecule has 1 aromatic heterocycles. The maximum absolute atomic E-state index is 13.0. The van der Waals surface area contributed by atoms with Crippen molar-refractivity contribution in [2.45, 2.75) is 19.6 Å². The van der Waals surface area contributed by atoms with Gasteiger partial charge in [0.25, 0.3) is 5.78 Å². The van der Waals surface area contributed by atoms with Crippen LogP contribution >= 0.6 is 11.6 Å². The van der Waals surface area contributed by atoms with E-state index in [-0.39, 0.29) is 17.9 Å². The van der Waals surface area contributed by atoms with Gasteiger partial charge in [0.05, 0.1) is 12.1 Å². The Bertz CT molecular complexity index is 946. The Hall–Kier alpha value is -2.47. The van der Waals surface area contributed by atoms with Gasteiger partial charge in [-0.15, -0.1) is 0 Å². The molecule has 0 atom stereocenters. The Morgan fingerprint density at radius 3 is 2.42 bits per heavy atom. The predicted octanol–water partition coefficient (Wildman–Crippen LogP) is 5.43. The monoisotopic (exact) mass is 381 g/mol. The predicted molar refractivity (Wildman–Crippen MR) is 94.0 cm³/mol. The number of fused-ring (bicyclic) bond motifs is 1. The number of ketones is 1. The molecule has 0 saturated carbocycles. The van der Waals surface area contributed by atoms with E-state index in [1.807, 2.05) is 0 Å². The first-order valence-corrected chi connectivity index (χ1v) is 8.24. The number of hydrogen-bond acceptors (Lipinski definition) is 2. The number of rotatable bonds is 5. The average molecular weight is 382 g/mol. The highest BCUT2D eigenvalue weighted by atomic mass is 35.5. The third-order valence-electron chi connectivity index (χ3n) is 4.11. The topological polar surface area (TPSA) is 31.2 Å². The third kappa shape index (κ3) is 3.55. The molecule has 0 bridgehead atoms. The van der Waals surface area contributed by atoms with E-state index in [1.165, 1.54) is 13.0 Å². The Balaban J connectivity index is 1.90. The van der Waals surface area contributed by atoms with Gasteiger partial charge in [-0.3, -0.25) is 4.79 Å². The summed E-state index contributed by atoms with van der Waals surface area (Å²) in [4.78, 5) is 11.9. The smallest absolute Gasteiger partial charge is 0.454 e. The minimum absolute atomic E-state index is 0.237. The van der Waals surface area contributed by atoms with Crippen molar-refractivity contribution in [1.82, 2.24) is 4.57 Å². The molecule has 0 aliphatic rings. The normalized spacial score (nSPS) is 11.7. The second kappa shape index (κ2) is 7.03. The van der Waals surface area contributed by atoms with Gasteiger partial charge in [0, 0.05) is 21.6 Å². The Morgan fingerprint density at radius 1 is 1.12 bits per heavy atom. The summed E-state index contributed by atoms with van der Waals surface area (Å²) < 4.78 is 46.2. The molecule has 0 saturated heterocycles. The maximum Gasteiger partial charge on any atom is 0.454 e. The zero-order valence-corrected chi connectivity index (χ0v) is 14.6. The van der Waals surface area contributed by atoms with Crippen molar-refractivity contribution < 1.29 is 22.7 Å². The van der Waals surface area contributed by atoms with Crippen LogP contribution in [0.15, 0.2) is 48.5 Å². The van der Waals surface area contributed by atoms with E-state index in [0.717, 1.165) is 0 Å². The molecule has 2 aromatic carbocycles. The van der Waals surface area contributed by atoms with Crippen molar-refractivity contribution in [3.63, 3.8) is 0 Å². The molecule has 26 heavy (non-hydrogen) atoms. The highest BCUT2D eigenvalue weighted by Gasteiger charge is 2.41. The van der Waals surface area contributed by atoms with Crippen LogP contribution in [0, 0.1) is 6.92 Å². The van der Waals surface area contributed by atoms with Crippen molar-refractivity contribution >= 4 is 28.3 Å². The van der Waals surface area contributed by atoms with Gasteiger partial charge in [0.15, 0.2) is 0 Å². The molecule has 0 aliphatic heterocycles. The highest BCUT2D eigenvalue weighted by Crippen LogP contribution is 2.31.